The van der Waals surface area contributed by atoms with Gasteiger partial charge in [0.15, 0.2) is 0 Å². The molecule has 0 bridgehead atoms. The molecule has 21 heteroatoms. The van der Waals surface area contributed by atoms with Crippen LogP contribution in [0.2, 0.25) is 0 Å². The Morgan fingerprint density at radius 3 is 2.10 bits per heavy atom. The van der Waals surface area contributed by atoms with E-state index in [0.29, 0.717) is 5.41 Å². The van der Waals surface area contributed by atoms with E-state index in [1.54, 1.807) is 0 Å². The molecule has 17 nitrogen and oxygen atoms in total. The Bertz CT molecular complexity index is 2470. The summed E-state index contributed by atoms with van der Waals surface area (Å²) in [7, 11) is -12.7. The molecule has 4 rings (SSSR count). The molecule has 0 heterocycles. The van der Waals surface area contributed by atoms with E-state index in [1.807, 2.05) is 0 Å². The Morgan fingerprint density at radius 1 is 0.878 bits per heavy atom. The second kappa shape index (κ2) is 13.8. The fourth-order valence-corrected chi connectivity index (χ4v) is 6.24. The second-order valence-electron chi connectivity index (χ2n) is 9.64. The average molecular weight is 796 g/mol. The van der Waals surface area contributed by atoms with Gasteiger partial charge in [0, 0.05) is 23.2 Å². The van der Waals surface area contributed by atoms with Gasteiger partial charge in [0.25, 0.3) is 26.1 Å². The minimum absolute atomic E-state index is 0.0237. The van der Waals surface area contributed by atoms with Crippen LogP contribution in [0.4, 0.5) is 34.1 Å². The van der Waals surface area contributed by atoms with Crippen molar-refractivity contribution < 1.29 is 49.0 Å². The van der Waals surface area contributed by atoms with Gasteiger partial charge < -0.3 is 20.9 Å². The predicted molar refractivity (Wildman–Crippen MR) is 182 cm³/mol. The molecule has 0 spiro atoms. The number of anilines is 2. The zero-order valence-corrected chi connectivity index (χ0v) is 28.8. The van der Waals surface area contributed by atoms with Crippen LogP contribution < -0.4 is 15.8 Å². The minimum atomic E-state index is -5.07. The van der Waals surface area contributed by atoms with Crippen LogP contribution in [0, 0.1) is 0 Å². The highest BCUT2D eigenvalue weighted by Crippen LogP contribution is 2.43. The van der Waals surface area contributed by atoms with Crippen LogP contribution in [0.5, 0.6) is 11.5 Å². The van der Waals surface area contributed by atoms with Crippen LogP contribution in [0.1, 0.15) is 0 Å². The summed E-state index contributed by atoms with van der Waals surface area (Å²) in [5.74, 6) is -1.49. The van der Waals surface area contributed by atoms with Gasteiger partial charge in [-0.05, 0) is 57.7 Å². The fourth-order valence-electron chi connectivity index (χ4n) is 4.15. The van der Waals surface area contributed by atoms with Crippen molar-refractivity contribution in [2.75, 3.05) is 18.2 Å². The highest BCUT2D eigenvalue weighted by atomic mass is 79.9. The molecule has 4 aromatic rings. The normalized spacial score (nSPS) is 12.4. The molecule has 256 valence electrons. The standard InChI is InChI=1S/C28H23BrN6O11S3/c1-4-47(38,39)24-8-6-16(31-28(37)14(2)29)10-20(24)33-32-19-13-25(49(43,44)45)21(12-23(19)46-3)34-35-27-18(30)7-5-15-9-17(48(40,41)42)11-22(36)26(15)27/h4-13,36H,1-2,30H2,3H3,(H,31,37)(H,40,41,42)(H,43,44,45). The molecule has 0 aliphatic rings. The second-order valence-corrected chi connectivity index (χ2v) is 15.3. The number of phenolic OH excluding ortho intramolecular Hbond substituents is 1. The maximum absolute atomic E-state index is 12.7. The number of ether oxygens (including phenoxy) is 1. The zero-order valence-electron chi connectivity index (χ0n) is 24.8. The topological polar surface area (TPSA) is 277 Å². The van der Waals surface area contributed by atoms with Crippen molar-refractivity contribution in [2.24, 2.45) is 20.5 Å². The van der Waals surface area contributed by atoms with Crippen molar-refractivity contribution >= 4 is 96.8 Å². The third-order valence-corrected chi connectivity index (χ3v) is 9.89. The first-order valence-corrected chi connectivity index (χ1v) is 18.2. The van der Waals surface area contributed by atoms with Crippen molar-refractivity contribution in [2.45, 2.75) is 14.7 Å². The van der Waals surface area contributed by atoms with Crippen LogP contribution in [0.15, 0.2) is 113 Å². The van der Waals surface area contributed by atoms with Crippen molar-refractivity contribution in [1.29, 1.82) is 0 Å². The van der Waals surface area contributed by atoms with Gasteiger partial charge in [0.1, 0.15) is 39.1 Å². The molecule has 6 N–H and O–H groups in total. The number of halogens is 1. The van der Waals surface area contributed by atoms with Crippen LogP contribution >= 0.6 is 15.9 Å². The molecule has 0 saturated heterocycles. The van der Waals surface area contributed by atoms with E-state index < -0.39 is 57.2 Å². The molecular formula is C28H23BrN6O11S3. The molecule has 0 atom stereocenters. The lowest BCUT2D eigenvalue weighted by molar-refractivity contribution is -0.112. The van der Waals surface area contributed by atoms with Gasteiger partial charge in [0.05, 0.1) is 32.5 Å². The highest BCUT2D eigenvalue weighted by Gasteiger charge is 2.22. The highest BCUT2D eigenvalue weighted by molar-refractivity contribution is 9.12. The predicted octanol–water partition coefficient (Wildman–Crippen LogP) is 6.22. The van der Waals surface area contributed by atoms with E-state index >= 15 is 0 Å². The average Bonchev–Trinajstić information content (AvgIpc) is 3.02. The fraction of sp³-hybridized carbons (Fsp3) is 0.0357. The molecule has 0 unspecified atom stereocenters. The third kappa shape index (κ3) is 8.16. The SMILES string of the molecule is C=CS(=O)(=O)c1ccc(NC(=O)C(=C)Br)cc1N=Nc1cc(S(=O)(=O)O)c(N=Nc2c(N)ccc3cc(S(=O)(=O)O)cc(O)c23)cc1OC. The number of nitrogens with one attached hydrogen (secondary N) is 1. The van der Waals surface area contributed by atoms with Crippen LogP contribution in [-0.4, -0.2) is 52.5 Å². The minimum Gasteiger partial charge on any atom is -0.507 e. The lowest BCUT2D eigenvalue weighted by Gasteiger charge is -2.11. The number of hydrogen-bond acceptors (Lipinski definition) is 14. The van der Waals surface area contributed by atoms with Crippen LogP contribution in [0.25, 0.3) is 10.8 Å². The van der Waals surface area contributed by atoms with Crippen molar-refractivity contribution in [3.63, 3.8) is 0 Å². The van der Waals surface area contributed by atoms with E-state index in [0.717, 1.165) is 36.4 Å². The van der Waals surface area contributed by atoms with Crippen molar-refractivity contribution in [1.82, 2.24) is 0 Å². The number of nitrogens with two attached hydrogens (primary N) is 1. The maximum Gasteiger partial charge on any atom is 0.296 e. The number of aromatic hydroxyl groups is 1. The van der Waals surface area contributed by atoms with Gasteiger partial charge in [-0.1, -0.05) is 19.2 Å². The van der Waals surface area contributed by atoms with Gasteiger partial charge in [-0.3, -0.25) is 13.9 Å². The number of benzene rings is 4. The molecule has 0 aromatic heterocycles. The molecule has 0 fully saturated rings. The lowest BCUT2D eigenvalue weighted by Crippen LogP contribution is -2.10. The largest absolute Gasteiger partial charge is 0.507 e. The monoisotopic (exact) mass is 794 g/mol. The Hall–Kier alpha value is -5.06. The Labute approximate surface area is 287 Å². The number of nitrogens with zero attached hydrogens (tertiary/aromatic N) is 4. The number of azo groups is 2. The molecule has 49 heavy (non-hydrogen) atoms. The number of carbonyl (C=O) groups excluding carboxylic acids is 1. The Morgan fingerprint density at radius 2 is 1.51 bits per heavy atom. The van der Waals surface area contributed by atoms with Crippen LogP contribution in [0.3, 0.4) is 0 Å². The first kappa shape index (κ1) is 36.8. The summed E-state index contributed by atoms with van der Waals surface area (Å²) in [5, 5.41) is 29.3. The number of sulfone groups is 1. The smallest absolute Gasteiger partial charge is 0.296 e. The van der Waals surface area contributed by atoms with E-state index in [-0.39, 0.29) is 54.3 Å². The molecule has 0 radical (unpaired) electrons. The van der Waals surface area contributed by atoms with Crippen molar-refractivity contribution in [3.8, 4) is 11.5 Å². The lowest BCUT2D eigenvalue weighted by atomic mass is 10.1. The first-order valence-electron chi connectivity index (χ1n) is 13.0. The van der Waals surface area contributed by atoms with E-state index in [9.17, 15) is 44.3 Å². The number of methoxy groups -OCH3 is 1. The summed E-state index contributed by atoms with van der Waals surface area (Å²) in [6.45, 7) is 6.73. The number of amides is 1. The molecule has 0 aliphatic carbocycles. The summed E-state index contributed by atoms with van der Waals surface area (Å²) in [5.41, 5.74) is 4.64. The van der Waals surface area contributed by atoms with Crippen LogP contribution in [-0.2, 0) is 34.9 Å². The number of phenols is 1. The summed E-state index contributed by atoms with van der Waals surface area (Å²) < 4.78 is 98.1. The van der Waals surface area contributed by atoms with Gasteiger partial charge in [-0.2, -0.15) is 16.8 Å². The van der Waals surface area contributed by atoms with E-state index in [1.165, 1.54) is 25.3 Å². The Balaban J connectivity index is 1.87. The molecular weight excluding hydrogens is 772 g/mol. The number of nitrogen functional groups attached to an aromatic ring is 1. The maximum atomic E-state index is 12.7. The van der Waals surface area contributed by atoms with Gasteiger partial charge in [-0.25, -0.2) is 8.42 Å². The number of fused-ring (bicyclic) bond motifs is 1. The number of carbonyl (C=O) groups is 1. The van der Waals surface area contributed by atoms with E-state index in [2.05, 4.69) is 54.9 Å². The third-order valence-electron chi connectivity index (χ3n) is 6.42. The van der Waals surface area contributed by atoms with Crippen molar-refractivity contribution in [3.05, 3.63) is 77.6 Å². The van der Waals surface area contributed by atoms with E-state index in [4.69, 9.17) is 10.5 Å². The molecule has 1 amide bonds. The summed E-state index contributed by atoms with van der Waals surface area (Å²) in [6, 6.07) is 9.76. The molecule has 4 aromatic carbocycles. The molecule has 0 saturated carbocycles. The quantitative estimate of drug-likeness (QED) is 0.0489. The number of hydrogen-bond donors (Lipinski definition) is 5. The summed E-state index contributed by atoms with van der Waals surface area (Å²) >= 11 is 2.93. The Kier molecular flexibility index (Phi) is 10.4. The summed E-state index contributed by atoms with van der Waals surface area (Å²) in [4.78, 5) is 10.2. The summed E-state index contributed by atoms with van der Waals surface area (Å²) in [6.07, 6.45) is 0. The van der Waals surface area contributed by atoms with Gasteiger partial charge in [-0.15, -0.1) is 20.5 Å². The first-order chi connectivity index (χ1) is 22.8. The van der Waals surface area contributed by atoms with Gasteiger partial charge >= 0.3 is 0 Å². The zero-order chi connectivity index (χ0) is 36.5. The van der Waals surface area contributed by atoms with Gasteiger partial charge in [0.2, 0.25) is 9.84 Å². The number of rotatable bonds is 11. The molecule has 0 aliphatic heterocycles.